The molecule has 0 spiro atoms. The van der Waals surface area contributed by atoms with Gasteiger partial charge in [0.1, 0.15) is 0 Å². The third-order valence-corrected chi connectivity index (χ3v) is 1.55. The van der Waals surface area contributed by atoms with Crippen LogP contribution < -0.4 is 0 Å². The van der Waals surface area contributed by atoms with Crippen LogP contribution in [0.3, 0.4) is 0 Å². The van der Waals surface area contributed by atoms with Crippen molar-refractivity contribution in [3.05, 3.63) is 35.4 Å². The Morgan fingerprint density at radius 3 is 2.00 bits per heavy atom. The van der Waals surface area contributed by atoms with Crippen molar-refractivity contribution in [2.75, 3.05) is 0 Å². The van der Waals surface area contributed by atoms with E-state index in [4.69, 9.17) is 5.41 Å². The molecular formula is C11H17N. The van der Waals surface area contributed by atoms with Crippen LogP contribution >= 0.6 is 0 Å². The van der Waals surface area contributed by atoms with E-state index in [2.05, 4.69) is 0 Å². The Bertz CT molecular complexity index is 251. The molecule has 0 bridgehead atoms. The van der Waals surface area contributed by atoms with Crippen molar-refractivity contribution < 1.29 is 0 Å². The van der Waals surface area contributed by atoms with Crippen LogP contribution in [0.4, 0.5) is 0 Å². The quantitative estimate of drug-likeness (QED) is 0.613. The Kier molecular flexibility index (Phi) is 5.02. The fourth-order valence-electron chi connectivity index (χ4n) is 0.994. The number of hydrogen-bond donors (Lipinski definition) is 1. The molecule has 12 heavy (non-hydrogen) atoms. The van der Waals surface area contributed by atoms with E-state index in [-0.39, 0.29) is 0 Å². The Hall–Kier alpha value is -1.11. The molecule has 0 aliphatic heterocycles. The van der Waals surface area contributed by atoms with Crippen LogP contribution in [0.2, 0.25) is 0 Å². The van der Waals surface area contributed by atoms with Crippen LogP contribution in [0, 0.1) is 12.3 Å². The molecule has 1 aromatic carbocycles. The van der Waals surface area contributed by atoms with Crippen molar-refractivity contribution in [2.24, 2.45) is 0 Å². The van der Waals surface area contributed by atoms with Crippen molar-refractivity contribution in [1.29, 1.82) is 5.41 Å². The van der Waals surface area contributed by atoms with E-state index in [0.29, 0.717) is 5.71 Å². The first kappa shape index (κ1) is 10.9. The Balaban J connectivity index is 0.000000561. The lowest BCUT2D eigenvalue weighted by Gasteiger charge is -2.00. The monoisotopic (exact) mass is 163 g/mol. The van der Waals surface area contributed by atoms with Gasteiger partial charge in [-0.05, 0) is 25.0 Å². The largest absolute Gasteiger partial charge is 0.305 e. The van der Waals surface area contributed by atoms with Gasteiger partial charge in [-0.1, -0.05) is 38.1 Å². The van der Waals surface area contributed by atoms with Crippen LogP contribution in [0.25, 0.3) is 0 Å². The summed E-state index contributed by atoms with van der Waals surface area (Å²) in [6.07, 6.45) is 0. The van der Waals surface area contributed by atoms with E-state index in [1.54, 1.807) is 0 Å². The molecule has 0 unspecified atom stereocenters. The molecule has 1 rings (SSSR count). The topological polar surface area (TPSA) is 23.9 Å². The van der Waals surface area contributed by atoms with Gasteiger partial charge in [-0.25, -0.2) is 0 Å². The molecule has 0 radical (unpaired) electrons. The SMILES string of the molecule is CC.CC(=N)c1ccccc1C. The van der Waals surface area contributed by atoms with Gasteiger partial charge in [0.25, 0.3) is 0 Å². The van der Waals surface area contributed by atoms with E-state index in [1.807, 2.05) is 52.0 Å². The van der Waals surface area contributed by atoms with Crippen molar-refractivity contribution >= 4 is 5.71 Å². The second-order valence-corrected chi connectivity index (χ2v) is 2.44. The van der Waals surface area contributed by atoms with E-state index in [0.717, 1.165) is 5.56 Å². The number of rotatable bonds is 1. The molecule has 0 aliphatic carbocycles. The predicted molar refractivity (Wildman–Crippen MR) is 55.0 cm³/mol. The van der Waals surface area contributed by atoms with Gasteiger partial charge in [0.2, 0.25) is 0 Å². The summed E-state index contributed by atoms with van der Waals surface area (Å²) < 4.78 is 0. The molecule has 0 amide bonds. The molecule has 1 aromatic rings. The molecule has 0 heterocycles. The minimum Gasteiger partial charge on any atom is -0.305 e. The lowest BCUT2D eigenvalue weighted by Crippen LogP contribution is -1.94. The summed E-state index contributed by atoms with van der Waals surface area (Å²) in [7, 11) is 0. The van der Waals surface area contributed by atoms with Gasteiger partial charge in [0.05, 0.1) is 0 Å². The minimum atomic E-state index is 0.637. The molecule has 66 valence electrons. The predicted octanol–water partition coefficient (Wildman–Crippen LogP) is 3.41. The van der Waals surface area contributed by atoms with Crippen LogP contribution in [0.1, 0.15) is 31.9 Å². The molecule has 0 saturated heterocycles. The first-order chi connectivity index (χ1) is 5.72. The maximum atomic E-state index is 7.38. The maximum Gasteiger partial charge on any atom is 0.0357 e. The highest BCUT2D eigenvalue weighted by molar-refractivity contribution is 5.97. The van der Waals surface area contributed by atoms with Gasteiger partial charge >= 0.3 is 0 Å². The lowest BCUT2D eigenvalue weighted by molar-refractivity contribution is 1.38. The summed E-state index contributed by atoms with van der Waals surface area (Å²) in [5.41, 5.74) is 2.86. The number of nitrogens with one attached hydrogen (secondary N) is 1. The molecule has 0 saturated carbocycles. The summed E-state index contributed by atoms with van der Waals surface area (Å²) in [5, 5.41) is 7.38. The van der Waals surface area contributed by atoms with Gasteiger partial charge in [0, 0.05) is 5.71 Å². The molecule has 0 aliphatic rings. The fourth-order valence-corrected chi connectivity index (χ4v) is 0.994. The molecule has 1 nitrogen and oxygen atoms in total. The molecule has 1 heteroatoms. The highest BCUT2D eigenvalue weighted by Gasteiger charge is 1.95. The summed E-state index contributed by atoms with van der Waals surface area (Å²) in [6.45, 7) is 7.83. The zero-order valence-electron chi connectivity index (χ0n) is 8.31. The maximum absolute atomic E-state index is 7.38. The van der Waals surface area contributed by atoms with Crippen molar-refractivity contribution in [2.45, 2.75) is 27.7 Å². The van der Waals surface area contributed by atoms with Crippen molar-refractivity contribution in [1.82, 2.24) is 0 Å². The number of benzene rings is 1. The molecule has 0 aromatic heterocycles. The van der Waals surface area contributed by atoms with E-state index in [9.17, 15) is 0 Å². The summed E-state index contributed by atoms with van der Waals surface area (Å²) in [4.78, 5) is 0. The van der Waals surface area contributed by atoms with Crippen LogP contribution in [0.5, 0.6) is 0 Å². The highest BCUT2D eigenvalue weighted by atomic mass is 14.4. The molecule has 0 atom stereocenters. The number of aryl methyl sites for hydroxylation is 1. The van der Waals surface area contributed by atoms with Crippen LogP contribution in [-0.2, 0) is 0 Å². The molecule has 0 fully saturated rings. The van der Waals surface area contributed by atoms with Gasteiger partial charge in [0.15, 0.2) is 0 Å². The molecular weight excluding hydrogens is 146 g/mol. The Morgan fingerprint density at radius 2 is 1.67 bits per heavy atom. The lowest BCUT2D eigenvalue weighted by atomic mass is 10.1. The average molecular weight is 163 g/mol. The zero-order valence-corrected chi connectivity index (χ0v) is 8.31. The minimum absolute atomic E-state index is 0.637. The second-order valence-electron chi connectivity index (χ2n) is 2.44. The van der Waals surface area contributed by atoms with Gasteiger partial charge in [-0.3, -0.25) is 0 Å². The smallest absolute Gasteiger partial charge is 0.0357 e. The third-order valence-electron chi connectivity index (χ3n) is 1.55. The summed E-state index contributed by atoms with van der Waals surface area (Å²) in [5.74, 6) is 0. The Morgan fingerprint density at radius 1 is 1.17 bits per heavy atom. The molecule has 1 N–H and O–H groups in total. The zero-order chi connectivity index (χ0) is 9.56. The van der Waals surface area contributed by atoms with E-state index < -0.39 is 0 Å². The average Bonchev–Trinajstić information content (AvgIpc) is 2.08. The van der Waals surface area contributed by atoms with Gasteiger partial charge in [-0.2, -0.15) is 0 Å². The third kappa shape index (κ3) is 2.87. The fraction of sp³-hybridized carbons (Fsp3) is 0.364. The van der Waals surface area contributed by atoms with Crippen molar-refractivity contribution in [3.63, 3.8) is 0 Å². The van der Waals surface area contributed by atoms with Crippen LogP contribution in [-0.4, -0.2) is 5.71 Å². The standard InChI is InChI=1S/C9H11N.C2H6/c1-7-5-3-4-6-9(7)8(2)10;1-2/h3-6,10H,1-2H3;1-2H3. The Labute approximate surface area is 74.9 Å². The normalized spacial score (nSPS) is 8.33. The van der Waals surface area contributed by atoms with E-state index in [1.165, 1.54) is 5.56 Å². The van der Waals surface area contributed by atoms with E-state index >= 15 is 0 Å². The first-order valence-corrected chi connectivity index (χ1v) is 4.33. The van der Waals surface area contributed by atoms with Crippen molar-refractivity contribution in [3.8, 4) is 0 Å². The highest BCUT2D eigenvalue weighted by Crippen LogP contribution is 2.06. The second kappa shape index (κ2) is 5.53. The summed E-state index contributed by atoms with van der Waals surface area (Å²) in [6, 6.07) is 7.94. The number of hydrogen-bond acceptors (Lipinski definition) is 1. The first-order valence-electron chi connectivity index (χ1n) is 4.33. The van der Waals surface area contributed by atoms with Gasteiger partial charge < -0.3 is 5.41 Å². The van der Waals surface area contributed by atoms with Gasteiger partial charge in [-0.15, -0.1) is 0 Å². The summed E-state index contributed by atoms with van der Waals surface area (Å²) >= 11 is 0. The van der Waals surface area contributed by atoms with Crippen LogP contribution in [0.15, 0.2) is 24.3 Å².